The van der Waals surface area contributed by atoms with E-state index in [0.717, 1.165) is 0 Å². The van der Waals surface area contributed by atoms with Gasteiger partial charge >= 0.3 is 5.97 Å². The highest BCUT2D eigenvalue weighted by Gasteiger charge is 2.39. The molecule has 0 spiro atoms. The van der Waals surface area contributed by atoms with E-state index >= 15 is 0 Å². The summed E-state index contributed by atoms with van der Waals surface area (Å²) in [4.78, 5) is 10.3. The Morgan fingerprint density at radius 3 is 2.87 bits per heavy atom. The Balaban J connectivity index is 2.14. The minimum atomic E-state index is -2.69. The number of nitrogens with two attached hydrogens (primary N) is 1. The van der Waals surface area contributed by atoms with Gasteiger partial charge in [-0.1, -0.05) is 0 Å². The van der Waals surface area contributed by atoms with E-state index < -0.39 is 24.0 Å². The average Bonchev–Trinajstić information content (AvgIpc) is 2.45. The van der Waals surface area contributed by atoms with Gasteiger partial charge in [0.15, 0.2) is 0 Å². The van der Waals surface area contributed by atoms with Crippen molar-refractivity contribution in [1.29, 1.82) is 0 Å². The first-order chi connectivity index (χ1) is 6.91. The van der Waals surface area contributed by atoms with Crippen molar-refractivity contribution in [1.82, 2.24) is 5.32 Å². The second-order valence-electron chi connectivity index (χ2n) is 3.62. The second-order valence-corrected chi connectivity index (χ2v) is 3.62. The van der Waals surface area contributed by atoms with Gasteiger partial charge < -0.3 is 20.9 Å². The van der Waals surface area contributed by atoms with Gasteiger partial charge in [-0.3, -0.25) is 4.79 Å². The molecule has 1 aliphatic heterocycles. The number of alkyl halides is 2. The van der Waals surface area contributed by atoms with Crippen LogP contribution in [-0.2, 0) is 9.53 Å². The van der Waals surface area contributed by atoms with Crippen LogP contribution in [0.1, 0.15) is 6.42 Å². The minimum absolute atomic E-state index is 0.0522. The largest absolute Gasteiger partial charge is 0.480 e. The highest BCUT2D eigenvalue weighted by Crippen LogP contribution is 2.24. The summed E-state index contributed by atoms with van der Waals surface area (Å²) < 4.78 is 30.3. The van der Waals surface area contributed by atoms with Crippen molar-refractivity contribution >= 4 is 5.97 Å². The first-order valence-electron chi connectivity index (χ1n) is 4.58. The Hall–Kier alpha value is -0.790. The second kappa shape index (κ2) is 4.82. The molecule has 1 rings (SSSR count). The number of nitrogens with one attached hydrogen (secondary N) is 1. The van der Waals surface area contributed by atoms with Gasteiger partial charge in [-0.15, -0.1) is 0 Å². The molecule has 0 aromatic carbocycles. The van der Waals surface area contributed by atoms with Crippen LogP contribution < -0.4 is 11.1 Å². The third-order valence-corrected chi connectivity index (χ3v) is 2.13. The number of hydrogen-bond donors (Lipinski definition) is 3. The molecule has 15 heavy (non-hydrogen) atoms. The van der Waals surface area contributed by atoms with E-state index in [9.17, 15) is 13.6 Å². The maximum absolute atomic E-state index is 12.7. The number of hydrogen-bond acceptors (Lipinski definition) is 4. The lowest BCUT2D eigenvalue weighted by Gasteiger charge is -2.12. The molecule has 0 aliphatic carbocycles. The topological polar surface area (TPSA) is 84.6 Å². The molecule has 4 N–H and O–H groups in total. The monoisotopic (exact) mass is 224 g/mol. The van der Waals surface area contributed by atoms with Crippen molar-refractivity contribution in [3.05, 3.63) is 0 Å². The smallest absolute Gasteiger partial charge is 0.322 e. The molecule has 0 unspecified atom stereocenters. The number of ether oxygens (including phenoxy) is 1. The number of rotatable bonds is 5. The Morgan fingerprint density at radius 1 is 1.73 bits per heavy atom. The van der Waals surface area contributed by atoms with Gasteiger partial charge in [-0.2, -0.15) is 0 Å². The van der Waals surface area contributed by atoms with Crippen LogP contribution in [0.25, 0.3) is 0 Å². The molecule has 0 aromatic heterocycles. The molecular formula is C8H14F2N2O3. The molecule has 0 bridgehead atoms. The first-order valence-corrected chi connectivity index (χ1v) is 4.58. The lowest BCUT2D eigenvalue weighted by molar-refractivity contribution is -0.140. The van der Waals surface area contributed by atoms with Gasteiger partial charge in [0.2, 0.25) is 0 Å². The van der Waals surface area contributed by atoms with Crippen molar-refractivity contribution in [3.8, 4) is 0 Å². The summed E-state index contributed by atoms with van der Waals surface area (Å²) in [5, 5.41) is 11.0. The molecule has 0 amide bonds. The van der Waals surface area contributed by atoms with Crippen LogP contribution in [0.5, 0.6) is 0 Å². The minimum Gasteiger partial charge on any atom is -0.480 e. The zero-order chi connectivity index (χ0) is 11.5. The third kappa shape index (κ3) is 4.06. The average molecular weight is 224 g/mol. The zero-order valence-corrected chi connectivity index (χ0v) is 8.08. The first kappa shape index (κ1) is 12.3. The summed E-state index contributed by atoms with van der Waals surface area (Å²) in [5.74, 6) is -3.86. The number of carboxylic acid groups (broad SMARTS) is 1. The molecule has 0 radical (unpaired) electrons. The SMILES string of the molecule is N[C@@H](COC[C@@H]1CC(F)(F)CN1)C(=O)O. The Bertz CT molecular complexity index is 238. The van der Waals surface area contributed by atoms with Crippen molar-refractivity contribution < 1.29 is 23.4 Å². The lowest BCUT2D eigenvalue weighted by atomic mass is 10.2. The molecular weight excluding hydrogens is 210 g/mol. The van der Waals surface area contributed by atoms with Crippen molar-refractivity contribution in [3.63, 3.8) is 0 Å². The fourth-order valence-corrected chi connectivity index (χ4v) is 1.32. The highest BCUT2D eigenvalue weighted by atomic mass is 19.3. The van der Waals surface area contributed by atoms with E-state index in [2.05, 4.69) is 5.32 Å². The molecule has 0 aromatic rings. The number of carboxylic acids is 1. The molecule has 1 heterocycles. The maximum atomic E-state index is 12.7. The Morgan fingerprint density at radius 2 is 2.40 bits per heavy atom. The molecule has 1 saturated heterocycles. The van der Waals surface area contributed by atoms with Gasteiger partial charge in [0, 0.05) is 12.5 Å². The zero-order valence-electron chi connectivity index (χ0n) is 8.08. The molecule has 1 fully saturated rings. The van der Waals surface area contributed by atoms with Crippen LogP contribution >= 0.6 is 0 Å². The van der Waals surface area contributed by atoms with Gasteiger partial charge in [0.05, 0.1) is 19.8 Å². The lowest BCUT2D eigenvalue weighted by Crippen LogP contribution is -2.37. The highest BCUT2D eigenvalue weighted by molar-refractivity contribution is 5.73. The van der Waals surface area contributed by atoms with Crippen LogP contribution in [-0.4, -0.2) is 48.8 Å². The summed E-state index contributed by atoms with van der Waals surface area (Å²) >= 11 is 0. The fourth-order valence-electron chi connectivity index (χ4n) is 1.32. The van der Waals surface area contributed by atoms with Crippen LogP contribution in [0.3, 0.4) is 0 Å². The molecule has 7 heteroatoms. The molecule has 5 nitrogen and oxygen atoms in total. The number of aliphatic carboxylic acids is 1. The predicted octanol–water partition coefficient (Wildman–Crippen LogP) is -0.588. The van der Waals surface area contributed by atoms with Crippen molar-refractivity contribution in [2.45, 2.75) is 24.4 Å². The van der Waals surface area contributed by atoms with Crippen LogP contribution in [0.15, 0.2) is 0 Å². The summed E-state index contributed by atoms with van der Waals surface area (Å²) in [6, 6.07) is -1.53. The molecule has 1 aliphatic rings. The normalized spacial score (nSPS) is 26.5. The van der Waals surface area contributed by atoms with Gasteiger partial charge in [-0.25, -0.2) is 8.78 Å². The van der Waals surface area contributed by atoms with Crippen LogP contribution in [0.2, 0.25) is 0 Å². The van der Waals surface area contributed by atoms with Gasteiger partial charge in [-0.05, 0) is 0 Å². The van der Waals surface area contributed by atoms with E-state index in [1.165, 1.54) is 0 Å². The van der Waals surface area contributed by atoms with E-state index in [4.69, 9.17) is 15.6 Å². The maximum Gasteiger partial charge on any atom is 0.322 e. The van der Waals surface area contributed by atoms with E-state index in [1.54, 1.807) is 0 Å². The number of halogens is 2. The standard InChI is InChI=1S/C8H14F2N2O3/c9-8(10)1-5(12-4-8)2-15-3-6(11)7(13)14/h5-6,12H,1-4,11H2,(H,13,14)/t5-,6-/m0/s1. The van der Waals surface area contributed by atoms with Crippen LogP contribution in [0.4, 0.5) is 8.78 Å². The Labute approximate surface area is 85.6 Å². The Kier molecular flexibility index (Phi) is 3.95. The van der Waals surface area contributed by atoms with E-state index in [-0.39, 0.29) is 26.2 Å². The quantitative estimate of drug-likeness (QED) is 0.581. The van der Waals surface area contributed by atoms with Gasteiger partial charge in [0.1, 0.15) is 6.04 Å². The molecule has 88 valence electrons. The van der Waals surface area contributed by atoms with E-state index in [1.807, 2.05) is 0 Å². The molecule has 2 atom stereocenters. The molecule has 0 saturated carbocycles. The van der Waals surface area contributed by atoms with Crippen molar-refractivity contribution in [2.75, 3.05) is 19.8 Å². The predicted molar refractivity (Wildman–Crippen MR) is 47.8 cm³/mol. The van der Waals surface area contributed by atoms with Crippen LogP contribution in [0, 0.1) is 0 Å². The summed E-state index contributed by atoms with van der Waals surface area (Å²) in [5.41, 5.74) is 5.16. The van der Waals surface area contributed by atoms with Gasteiger partial charge in [0.25, 0.3) is 5.92 Å². The van der Waals surface area contributed by atoms with Crippen molar-refractivity contribution in [2.24, 2.45) is 5.73 Å². The fraction of sp³-hybridized carbons (Fsp3) is 0.875. The summed E-state index contributed by atoms with van der Waals surface area (Å²) in [7, 11) is 0. The summed E-state index contributed by atoms with van der Waals surface area (Å²) in [6.45, 7) is -0.471. The summed E-state index contributed by atoms with van der Waals surface area (Å²) in [6.07, 6.45) is -0.282. The van der Waals surface area contributed by atoms with E-state index in [0.29, 0.717) is 0 Å². The number of carbonyl (C=O) groups is 1. The third-order valence-electron chi connectivity index (χ3n) is 2.13.